The summed E-state index contributed by atoms with van der Waals surface area (Å²) in [5.74, 6) is 8.46. The largest absolute Gasteiger partial charge is 0.370 e. The van der Waals surface area contributed by atoms with Gasteiger partial charge >= 0.3 is 0 Å². The third-order valence-corrected chi connectivity index (χ3v) is 6.01. The van der Waals surface area contributed by atoms with Crippen LogP contribution in [0, 0.1) is 17.8 Å². The Morgan fingerprint density at radius 2 is 1.90 bits per heavy atom. The molecule has 29 heavy (non-hydrogen) atoms. The first-order valence-electron chi connectivity index (χ1n) is 10.9. The first-order valence-corrected chi connectivity index (χ1v) is 13.4. The predicted octanol–water partition coefficient (Wildman–Crippen LogP) is 4.13. The van der Waals surface area contributed by atoms with E-state index in [9.17, 15) is 4.79 Å². The van der Waals surface area contributed by atoms with E-state index in [1.807, 2.05) is 10.8 Å². The van der Waals surface area contributed by atoms with Crippen molar-refractivity contribution in [1.82, 2.24) is 10.6 Å². The van der Waals surface area contributed by atoms with Crippen molar-refractivity contribution in [2.45, 2.75) is 65.8 Å². The zero-order valence-electron chi connectivity index (χ0n) is 18.9. The number of carbonyl (C=O) groups is 1. The molecule has 0 spiro atoms. The number of unbranched alkanes of at least 4 members (excludes halogenated alkanes) is 1. The van der Waals surface area contributed by atoms with Gasteiger partial charge in [-0.2, -0.15) is 0 Å². The van der Waals surface area contributed by atoms with E-state index in [2.05, 4.69) is 50.2 Å². The van der Waals surface area contributed by atoms with Crippen molar-refractivity contribution in [2.75, 3.05) is 51.1 Å². The van der Waals surface area contributed by atoms with E-state index in [4.69, 9.17) is 9.47 Å². The first-order chi connectivity index (χ1) is 14.1. The number of ketones is 1. The Labute approximate surface area is 187 Å². The summed E-state index contributed by atoms with van der Waals surface area (Å²) in [7, 11) is 3.61. The SMILES string of the molecule is CCCC(C)NCCSSCOCCCCC(=O)CNCCOCC#CC(C)C. The second-order valence-electron chi connectivity index (χ2n) is 7.31. The molecule has 0 aliphatic carbocycles. The molecule has 0 fully saturated rings. The quantitative estimate of drug-likeness (QED) is 0.126. The van der Waals surface area contributed by atoms with Crippen LogP contribution in [0.5, 0.6) is 0 Å². The van der Waals surface area contributed by atoms with Gasteiger partial charge in [0, 0.05) is 43.8 Å². The van der Waals surface area contributed by atoms with Gasteiger partial charge in [-0.1, -0.05) is 60.6 Å². The van der Waals surface area contributed by atoms with E-state index in [1.54, 1.807) is 10.8 Å². The van der Waals surface area contributed by atoms with Gasteiger partial charge in [-0.25, -0.2) is 0 Å². The van der Waals surface area contributed by atoms with Crippen LogP contribution in [0.3, 0.4) is 0 Å². The molecular weight excluding hydrogens is 404 g/mol. The van der Waals surface area contributed by atoms with Gasteiger partial charge in [0.1, 0.15) is 18.3 Å². The summed E-state index contributed by atoms with van der Waals surface area (Å²) in [5, 5.41) is 6.64. The van der Waals surface area contributed by atoms with Gasteiger partial charge in [0.25, 0.3) is 0 Å². The van der Waals surface area contributed by atoms with Crippen LogP contribution < -0.4 is 10.6 Å². The molecular formula is C22H42N2O3S2. The molecule has 0 bridgehead atoms. The molecule has 0 heterocycles. The molecule has 170 valence electrons. The highest BCUT2D eigenvalue weighted by Crippen LogP contribution is 2.20. The molecule has 0 aromatic carbocycles. The van der Waals surface area contributed by atoms with Gasteiger partial charge in [-0.3, -0.25) is 4.79 Å². The second-order valence-corrected chi connectivity index (χ2v) is 9.84. The summed E-state index contributed by atoms with van der Waals surface area (Å²) >= 11 is 0. The highest BCUT2D eigenvalue weighted by atomic mass is 33.1. The van der Waals surface area contributed by atoms with E-state index in [-0.39, 0.29) is 5.78 Å². The zero-order chi connectivity index (χ0) is 21.6. The molecule has 2 N–H and O–H groups in total. The van der Waals surface area contributed by atoms with Crippen molar-refractivity contribution in [1.29, 1.82) is 0 Å². The lowest BCUT2D eigenvalue weighted by atomic mass is 10.2. The predicted molar refractivity (Wildman–Crippen MR) is 128 cm³/mol. The Kier molecular flexibility index (Phi) is 22.3. The van der Waals surface area contributed by atoms with Gasteiger partial charge < -0.3 is 20.1 Å². The lowest BCUT2D eigenvalue weighted by molar-refractivity contribution is -0.118. The summed E-state index contributed by atoms with van der Waals surface area (Å²) in [4.78, 5) is 11.8. The maximum absolute atomic E-state index is 11.8. The number of hydrogen-bond donors (Lipinski definition) is 2. The van der Waals surface area contributed by atoms with E-state index in [0.717, 1.165) is 31.7 Å². The van der Waals surface area contributed by atoms with Crippen molar-refractivity contribution in [3.05, 3.63) is 0 Å². The average Bonchev–Trinajstić information content (AvgIpc) is 2.68. The molecule has 0 aliphatic heterocycles. The van der Waals surface area contributed by atoms with Crippen molar-refractivity contribution >= 4 is 27.4 Å². The smallest absolute Gasteiger partial charge is 0.146 e. The number of nitrogens with one attached hydrogen (secondary N) is 2. The summed E-state index contributed by atoms with van der Waals surface area (Å²) in [6, 6.07) is 0.613. The average molecular weight is 447 g/mol. The molecule has 0 aliphatic rings. The monoisotopic (exact) mass is 446 g/mol. The standard InChI is InChI=1S/C22H42N2O3S2/c1-5-9-21(4)24-13-17-28-29-19-27-14-7-6-11-22(25)18-23-12-16-26-15-8-10-20(2)3/h20-21,23-24H,5-7,9,11-19H2,1-4H3. The lowest BCUT2D eigenvalue weighted by Crippen LogP contribution is -2.27. The highest BCUT2D eigenvalue weighted by molar-refractivity contribution is 8.76. The molecule has 0 amide bonds. The maximum Gasteiger partial charge on any atom is 0.146 e. The second kappa shape index (κ2) is 22.5. The van der Waals surface area contributed by atoms with Crippen LogP contribution in [0.2, 0.25) is 0 Å². The van der Waals surface area contributed by atoms with Gasteiger partial charge in [0.15, 0.2) is 0 Å². The molecule has 7 heteroatoms. The van der Waals surface area contributed by atoms with Gasteiger partial charge in [0.05, 0.1) is 13.2 Å². The van der Waals surface area contributed by atoms with Crippen molar-refractivity contribution in [3.63, 3.8) is 0 Å². The molecule has 0 aromatic heterocycles. The van der Waals surface area contributed by atoms with Crippen LogP contribution in [0.4, 0.5) is 0 Å². The van der Waals surface area contributed by atoms with E-state index in [0.29, 0.717) is 50.6 Å². The fourth-order valence-corrected chi connectivity index (χ4v) is 4.01. The number of ether oxygens (including phenoxy) is 2. The summed E-state index contributed by atoms with van der Waals surface area (Å²) < 4.78 is 11.0. The maximum atomic E-state index is 11.8. The minimum absolute atomic E-state index is 0.249. The fourth-order valence-electron chi connectivity index (χ4n) is 2.42. The Bertz CT molecular complexity index is 440. The lowest BCUT2D eigenvalue weighted by Gasteiger charge is -2.11. The third-order valence-electron chi connectivity index (χ3n) is 3.92. The van der Waals surface area contributed by atoms with Gasteiger partial charge in [-0.05, 0) is 26.2 Å². The Hall–Kier alpha value is -0.230. The number of hydrogen-bond acceptors (Lipinski definition) is 7. The Morgan fingerprint density at radius 1 is 1.07 bits per heavy atom. The first kappa shape index (κ1) is 28.8. The molecule has 0 saturated heterocycles. The van der Waals surface area contributed by atoms with Crippen molar-refractivity contribution in [3.8, 4) is 11.8 Å². The van der Waals surface area contributed by atoms with Crippen molar-refractivity contribution < 1.29 is 14.3 Å². The summed E-state index contributed by atoms with van der Waals surface area (Å²) in [6.45, 7) is 12.5. The molecule has 1 unspecified atom stereocenters. The fraction of sp³-hybridized carbons (Fsp3) is 0.864. The van der Waals surface area contributed by atoms with Gasteiger partial charge in [-0.15, -0.1) is 0 Å². The Morgan fingerprint density at radius 3 is 2.66 bits per heavy atom. The van der Waals surface area contributed by atoms with Crippen LogP contribution in [0.15, 0.2) is 0 Å². The molecule has 0 radical (unpaired) electrons. The topological polar surface area (TPSA) is 59.6 Å². The normalized spacial score (nSPS) is 12.0. The highest BCUT2D eigenvalue weighted by Gasteiger charge is 2.02. The molecule has 0 rings (SSSR count). The number of carbonyl (C=O) groups excluding carboxylic acids is 1. The molecule has 5 nitrogen and oxygen atoms in total. The van der Waals surface area contributed by atoms with E-state index >= 15 is 0 Å². The Balaban J connectivity index is 3.25. The van der Waals surface area contributed by atoms with E-state index in [1.165, 1.54) is 12.8 Å². The molecule has 1 atom stereocenters. The summed E-state index contributed by atoms with van der Waals surface area (Å²) in [6.07, 6.45) is 4.90. The van der Waals surface area contributed by atoms with Crippen LogP contribution in [0.1, 0.15) is 59.8 Å². The summed E-state index contributed by atoms with van der Waals surface area (Å²) in [5.41, 5.74) is 0. The number of Topliss-reactive ketones (excluding diaryl/α,β-unsaturated/α-hetero) is 1. The van der Waals surface area contributed by atoms with Crippen LogP contribution in [0.25, 0.3) is 0 Å². The van der Waals surface area contributed by atoms with E-state index < -0.39 is 0 Å². The molecule has 0 saturated carbocycles. The number of rotatable bonds is 20. The van der Waals surface area contributed by atoms with Crippen LogP contribution >= 0.6 is 21.6 Å². The van der Waals surface area contributed by atoms with Gasteiger partial charge in [0.2, 0.25) is 0 Å². The zero-order valence-corrected chi connectivity index (χ0v) is 20.5. The third kappa shape index (κ3) is 23.9. The van der Waals surface area contributed by atoms with Crippen LogP contribution in [-0.2, 0) is 14.3 Å². The minimum atomic E-state index is 0.249. The minimum Gasteiger partial charge on any atom is -0.370 e. The van der Waals surface area contributed by atoms with Crippen LogP contribution in [-0.4, -0.2) is 63.0 Å². The molecule has 0 aromatic rings. The van der Waals surface area contributed by atoms with Crippen molar-refractivity contribution in [2.24, 2.45) is 5.92 Å².